The molecule has 1 fully saturated rings. The lowest BCUT2D eigenvalue weighted by Gasteiger charge is -2.11. The number of hydrogen-bond donors (Lipinski definition) is 3. The summed E-state index contributed by atoms with van der Waals surface area (Å²) in [6, 6.07) is -0.244. The number of nitrogens with one attached hydrogen (secondary N) is 2. The largest absolute Gasteiger partial charge is 0.481 e. The molecule has 1 aliphatic rings. The first-order valence-corrected chi connectivity index (χ1v) is 7.03. The normalized spacial score (nSPS) is 15.4. The van der Waals surface area contributed by atoms with Crippen molar-refractivity contribution >= 4 is 12.0 Å². The second-order valence-corrected chi connectivity index (χ2v) is 4.81. The van der Waals surface area contributed by atoms with Gasteiger partial charge in [0.25, 0.3) is 0 Å². The summed E-state index contributed by atoms with van der Waals surface area (Å²) >= 11 is 0. The van der Waals surface area contributed by atoms with Crippen LogP contribution in [0.25, 0.3) is 0 Å². The maximum Gasteiger partial charge on any atom is 0.314 e. The monoisotopic (exact) mass is 272 g/mol. The summed E-state index contributed by atoms with van der Waals surface area (Å²) in [6.45, 7) is 1.65. The van der Waals surface area contributed by atoms with Crippen LogP contribution in [0.15, 0.2) is 0 Å². The SMILES string of the molecule is O=C(O)CCCNC(=O)NCCCOC1CCCC1. The molecule has 6 heteroatoms. The number of hydrogen-bond acceptors (Lipinski definition) is 3. The summed E-state index contributed by atoms with van der Waals surface area (Å²) in [5, 5.41) is 13.8. The molecule has 0 bridgehead atoms. The molecule has 0 heterocycles. The molecule has 0 atom stereocenters. The fourth-order valence-corrected chi connectivity index (χ4v) is 2.08. The Kier molecular flexibility index (Phi) is 7.97. The summed E-state index contributed by atoms with van der Waals surface area (Å²) in [5.74, 6) is -0.841. The third-order valence-electron chi connectivity index (χ3n) is 3.12. The number of carbonyl (C=O) groups excluding carboxylic acids is 1. The third kappa shape index (κ3) is 8.42. The van der Waals surface area contributed by atoms with Crippen molar-refractivity contribution in [2.45, 2.75) is 51.0 Å². The first-order chi connectivity index (χ1) is 9.18. The second kappa shape index (κ2) is 9.61. The van der Waals surface area contributed by atoms with E-state index in [4.69, 9.17) is 9.84 Å². The summed E-state index contributed by atoms with van der Waals surface area (Å²) < 4.78 is 5.67. The smallest absolute Gasteiger partial charge is 0.314 e. The van der Waals surface area contributed by atoms with E-state index in [1.165, 1.54) is 12.8 Å². The molecule has 110 valence electrons. The second-order valence-electron chi connectivity index (χ2n) is 4.81. The molecule has 19 heavy (non-hydrogen) atoms. The summed E-state index contributed by atoms with van der Waals surface area (Å²) in [6.07, 6.45) is 6.62. The van der Waals surface area contributed by atoms with Crippen LogP contribution in [0.3, 0.4) is 0 Å². The standard InChI is InChI=1S/C13H24N2O4/c16-12(17)7-3-8-14-13(18)15-9-4-10-19-11-5-1-2-6-11/h11H,1-10H2,(H,16,17)(H2,14,15,18). The molecular weight excluding hydrogens is 248 g/mol. The first-order valence-electron chi connectivity index (χ1n) is 7.03. The number of carboxylic acids is 1. The number of amides is 2. The van der Waals surface area contributed by atoms with Crippen LogP contribution in [0.2, 0.25) is 0 Å². The predicted octanol–water partition coefficient (Wildman–Crippen LogP) is 1.50. The van der Waals surface area contributed by atoms with E-state index >= 15 is 0 Å². The highest BCUT2D eigenvalue weighted by Crippen LogP contribution is 2.20. The van der Waals surface area contributed by atoms with Crippen LogP contribution in [-0.2, 0) is 9.53 Å². The molecule has 6 nitrogen and oxygen atoms in total. The zero-order chi connectivity index (χ0) is 13.9. The summed E-state index contributed by atoms with van der Waals surface area (Å²) in [5.41, 5.74) is 0. The van der Waals surface area contributed by atoms with E-state index in [0.29, 0.717) is 32.2 Å². The molecule has 0 spiro atoms. The van der Waals surface area contributed by atoms with Crippen molar-refractivity contribution in [1.29, 1.82) is 0 Å². The number of urea groups is 1. The van der Waals surface area contributed by atoms with Gasteiger partial charge in [0.1, 0.15) is 0 Å². The molecule has 0 aromatic rings. The predicted molar refractivity (Wildman–Crippen MR) is 71.1 cm³/mol. The number of carbonyl (C=O) groups is 2. The molecule has 0 aromatic heterocycles. The summed E-state index contributed by atoms with van der Waals surface area (Å²) in [7, 11) is 0. The zero-order valence-electron chi connectivity index (χ0n) is 11.3. The molecule has 1 rings (SSSR count). The summed E-state index contributed by atoms with van der Waals surface area (Å²) in [4.78, 5) is 21.6. The van der Waals surface area contributed by atoms with E-state index in [-0.39, 0.29) is 12.5 Å². The van der Waals surface area contributed by atoms with E-state index in [1.807, 2.05) is 0 Å². The lowest BCUT2D eigenvalue weighted by molar-refractivity contribution is -0.137. The van der Waals surface area contributed by atoms with E-state index in [9.17, 15) is 9.59 Å². The Balaban J connectivity index is 1.85. The molecule has 3 N–H and O–H groups in total. The minimum absolute atomic E-state index is 0.0789. The van der Waals surface area contributed by atoms with Crippen molar-refractivity contribution in [2.24, 2.45) is 0 Å². The van der Waals surface area contributed by atoms with Crippen LogP contribution >= 0.6 is 0 Å². The Bertz CT molecular complexity index is 278. The molecule has 0 unspecified atom stereocenters. The van der Waals surface area contributed by atoms with Crippen molar-refractivity contribution in [3.63, 3.8) is 0 Å². The van der Waals surface area contributed by atoms with Gasteiger partial charge in [-0.25, -0.2) is 4.79 Å². The van der Waals surface area contributed by atoms with Crippen LogP contribution in [-0.4, -0.2) is 42.9 Å². The first kappa shape index (κ1) is 15.8. The van der Waals surface area contributed by atoms with E-state index in [1.54, 1.807) is 0 Å². The Hall–Kier alpha value is -1.30. The van der Waals surface area contributed by atoms with Gasteiger partial charge in [-0.3, -0.25) is 4.79 Å². The topological polar surface area (TPSA) is 87.7 Å². The molecule has 0 radical (unpaired) electrons. The molecule has 1 saturated carbocycles. The molecule has 0 aliphatic heterocycles. The van der Waals surface area contributed by atoms with Gasteiger partial charge in [-0.2, -0.15) is 0 Å². The maximum absolute atomic E-state index is 11.3. The Morgan fingerprint density at radius 3 is 2.37 bits per heavy atom. The fourth-order valence-electron chi connectivity index (χ4n) is 2.08. The van der Waals surface area contributed by atoms with Crippen LogP contribution in [0.5, 0.6) is 0 Å². The van der Waals surface area contributed by atoms with E-state index in [0.717, 1.165) is 19.3 Å². The van der Waals surface area contributed by atoms with Crippen LogP contribution in [0.1, 0.15) is 44.9 Å². The number of aliphatic carboxylic acids is 1. The van der Waals surface area contributed by atoms with Crippen LogP contribution in [0.4, 0.5) is 4.79 Å². The van der Waals surface area contributed by atoms with Crippen molar-refractivity contribution in [1.82, 2.24) is 10.6 Å². The lowest BCUT2D eigenvalue weighted by atomic mass is 10.3. The molecular formula is C13H24N2O4. The lowest BCUT2D eigenvalue weighted by Crippen LogP contribution is -2.37. The molecule has 0 aromatic carbocycles. The van der Waals surface area contributed by atoms with Gasteiger partial charge < -0.3 is 20.5 Å². The van der Waals surface area contributed by atoms with Gasteiger partial charge in [-0.1, -0.05) is 12.8 Å². The number of carboxylic acid groups (broad SMARTS) is 1. The van der Waals surface area contributed by atoms with Crippen molar-refractivity contribution in [3.05, 3.63) is 0 Å². The zero-order valence-corrected chi connectivity index (χ0v) is 11.3. The van der Waals surface area contributed by atoms with Gasteiger partial charge in [-0.05, 0) is 25.7 Å². The molecule has 2 amide bonds. The molecule has 1 aliphatic carbocycles. The highest BCUT2D eigenvalue weighted by atomic mass is 16.5. The average molecular weight is 272 g/mol. The molecule has 0 saturated heterocycles. The Morgan fingerprint density at radius 2 is 1.74 bits per heavy atom. The van der Waals surface area contributed by atoms with Crippen LogP contribution in [0, 0.1) is 0 Å². The van der Waals surface area contributed by atoms with Crippen molar-refractivity contribution < 1.29 is 19.4 Å². The van der Waals surface area contributed by atoms with Gasteiger partial charge >= 0.3 is 12.0 Å². The van der Waals surface area contributed by atoms with Gasteiger partial charge in [0.15, 0.2) is 0 Å². The van der Waals surface area contributed by atoms with Gasteiger partial charge in [0, 0.05) is 26.1 Å². The fraction of sp³-hybridized carbons (Fsp3) is 0.846. The minimum Gasteiger partial charge on any atom is -0.481 e. The van der Waals surface area contributed by atoms with Crippen LogP contribution < -0.4 is 10.6 Å². The van der Waals surface area contributed by atoms with E-state index in [2.05, 4.69) is 10.6 Å². The van der Waals surface area contributed by atoms with Gasteiger partial charge in [-0.15, -0.1) is 0 Å². The highest BCUT2D eigenvalue weighted by Gasteiger charge is 2.14. The Labute approximate surface area is 113 Å². The maximum atomic E-state index is 11.3. The van der Waals surface area contributed by atoms with E-state index < -0.39 is 5.97 Å². The number of rotatable bonds is 9. The number of ether oxygens (including phenoxy) is 1. The minimum atomic E-state index is -0.841. The highest BCUT2D eigenvalue weighted by molar-refractivity contribution is 5.73. The van der Waals surface area contributed by atoms with Gasteiger partial charge in [0.05, 0.1) is 6.10 Å². The third-order valence-corrected chi connectivity index (χ3v) is 3.12. The Morgan fingerprint density at radius 1 is 1.11 bits per heavy atom. The van der Waals surface area contributed by atoms with Crippen molar-refractivity contribution in [3.8, 4) is 0 Å². The quantitative estimate of drug-likeness (QED) is 0.555. The average Bonchev–Trinajstić information content (AvgIpc) is 2.87. The van der Waals surface area contributed by atoms with Crippen molar-refractivity contribution in [2.75, 3.05) is 19.7 Å². The van der Waals surface area contributed by atoms with Gasteiger partial charge in [0.2, 0.25) is 0 Å².